The fraction of sp³-hybridized carbons (Fsp3) is 0.167. The van der Waals surface area contributed by atoms with E-state index in [1.165, 1.54) is 0 Å². The Bertz CT molecular complexity index is 531. The minimum Gasteiger partial charge on any atom is -0.392 e. The van der Waals surface area contributed by atoms with Gasteiger partial charge in [-0.3, -0.25) is 0 Å². The van der Waals surface area contributed by atoms with Gasteiger partial charge in [0.05, 0.1) is 12.3 Å². The number of nitrogens with zero attached hydrogens (tertiary/aromatic N) is 2. The molecule has 1 aromatic heterocycles. The fourth-order valence-corrected chi connectivity index (χ4v) is 1.74. The Labute approximate surface area is 115 Å². The molecule has 0 amide bonds. The van der Waals surface area contributed by atoms with Gasteiger partial charge >= 0.3 is 0 Å². The first kappa shape index (κ1) is 13.1. The summed E-state index contributed by atoms with van der Waals surface area (Å²) in [4.78, 5) is 0. The smallest absolute Gasteiger partial charge is 0.174 e. The van der Waals surface area contributed by atoms with E-state index in [0.717, 1.165) is 11.1 Å². The van der Waals surface area contributed by atoms with Crippen molar-refractivity contribution in [2.24, 2.45) is 0 Å². The van der Waals surface area contributed by atoms with Gasteiger partial charge in [0, 0.05) is 12.6 Å². The van der Waals surface area contributed by atoms with Gasteiger partial charge in [0.1, 0.15) is 0 Å². The number of nitrogens with one attached hydrogen (secondary N) is 1. The predicted octanol–water partition coefficient (Wildman–Crippen LogP) is 2.89. The van der Waals surface area contributed by atoms with Gasteiger partial charge in [-0.2, -0.15) is 0 Å². The van der Waals surface area contributed by atoms with E-state index in [0.29, 0.717) is 12.2 Å². The van der Waals surface area contributed by atoms with E-state index in [2.05, 4.69) is 15.5 Å². The van der Waals surface area contributed by atoms with E-state index in [4.69, 9.17) is 28.3 Å². The number of aliphatic hydroxyl groups is 1. The Morgan fingerprint density at radius 1 is 1.06 bits per heavy atom. The Morgan fingerprint density at radius 3 is 2.39 bits per heavy atom. The van der Waals surface area contributed by atoms with Crippen molar-refractivity contribution in [2.45, 2.75) is 13.2 Å². The fourth-order valence-electron chi connectivity index (χ4n) is 1.44. The summed E-state index contributed by atoms with van der Waals surface area (Å²) in [6.45, 7) is 0.636. The van der Waals surface area contributed by atoms with Crippen LogP contribution in [0, 0.1) is 0 Å². The molecule has 0 aliphatic heterocycles. The monoisotopic (exact) mass is 283 g/mol. The van der Waals surface area contributed by atoms with E-state index in [9.17, 15) is 0 Å². The third-order valence-corrected chi connectivity index (χ3v) is 2.87. The number of rotatable bonds is 4. The second kappa shape index (κ2) is 6.00. The van der Waals surface area contributed by atoms with Gasteiger partial charge in [0.2, 0.25) is 0 Å². The number of halogens is 2. The molecule has 0 radical (unpaired) electrons. The van der Waals surface area contributed by atoms with Gasteiger partial charge in [-0.1, -0.05) is 47.5 Å². The third kappa shape index (κ3) is 3.32. The number of anilines is 1. The van der Waals surface area contributed by atoms with E-state index in [1.54, 1.807) is 6.07 Å². The first-order valence-electron chi connectivity index (χ1n) is 5.30. The molecule has 2 aromatic rings. The molecule has 0 atom stereocenters. The molecule has 0 spiro atoms. The Kier molecular flexibility index (Phi) is 4.36. The second-order valence-corrected chi connectivity index (χ2v) is 4.44. The topological polar surface area (TPSA) is 58.0 Å². The average Bonchev–Trinajstić information content (AvgIpc) is 2.40. The van der Waals surface area contributed by atoms with Crippen molar-refractivity contribution in [1.82, 2.24) is 10.2 Å². The highest BCUT2D eigenvalue weighted by Crippen LogP contribution is 2.21. The summed E-state index contributed by atoms with van der Waals surface area (Å²) in [5.74, 6) is 0. The molecule has 1 aromatic carbocycles. The van der Waals surface area contributed by atoms with Crippen LogP contribution in [0.4, 0.5) is 5.69 Å². The zero-order valence-corrected chi connectivity index (χ0v) is 10.9. The number of aromatic nitrogens is 2. The molecule has 2 rings (SSSR count). The maximum absolute atomic E-state index is 8.94. The average molecular weight is 284 g/mol. The zero-order chi connectivity index (χ0) is 13.0. The van der Waals surface area contributed by atoms with Crippen LogP contribution < -0.4 is 5.32 Å². The minimum absolute atomic E-state index is 0.0451. The standard InChI is InChI=1S/C12H11Cl2N3O/c13-11-5-10(12(14)17-16-11)15-6-8-1-3-9(7-18)4-2-8/h1-5,18H,6-7H2,(H,15,16). The molecule has 0 fully saturated rings. The van der Waals surface area contributed by atoms with Crippen LogP contribution in [0.5, 0.6) is 0 Å². The normalized spacial score (nSPS) is 10.4. The number of aliphatic hydroxyl groups excluding tert-OH is 1. The maximum atomic E-state index is 8.94. The predicted molar refractivity (Wildman–Crippen MR) is 71.7 cm³/mol. The van der Waals surface area contributed by atoms with Crippen LogP contribution in [0.1, 0.15) is 11.1 Å². The zero-order valence-electron chi connectivity index (χ0n) is 9.40. The summed E-state index contributed by atoms with van der Waals surface area (Å²) < 4.78 is 0. The lowest BCUT2D eigenvalue weighted by molar-refractivity contribution is 0.282. The minimum atomic E-state index is 0.0451. The summed E-state index contributed by atoms with van der Waals surface area (Å²) in [7, 11) is 0. The summed E-state index contributed by atoms with van der Waals surface area (Å²) >= 11 is 11.6. The Hall–Kier alpha value is -1.36. The van der Waals surface area contributed by atoms with E-state index >= 15 is 0 Å². The largest absolute Gasteiger partial charge is 0.392 e. The van der Waals surface area contributed by atoms with Crippen LogP contribution >= 0.6 is 23.2 Å². The van der Waals surface area contributed by atoms with Crippen LogP contribution in [0.15, 0.2) is 30.3 Å². The molecule has 94 valence electrons. The molecule has 0 bridgehead atoms. The van der Waals surface area contributed by atoms with Crippen LogP contribution in [0.3, 0.4) is 0 Å². The Balaban J connectivity index is 2.04. The van der Waals surface area contributed by atoms with Crippen molar-refractivity contribution in [3.05, 3.63) is 51.8 Å². The lowest BCUT2D eigenvalue weighted by Gasteiger charge is -2.08. The molecule has 0 aliphatic carbocycles. The lowest BCUT2D eigenvalue weighted by Crippen LogP contribution is -2.01. The van der Waals surface area contributed by atoms with Gasteiger partial charge in [0.15, 0.2) is 10.3 Å². The second-order valence-electron chi connectivity index (χ2n) is 3.70. The maximum Gasteiger partial charge on any atom is 0.174 e. The molecule has 6 heteroatoms. The quantitative estimate of drug-likeness (QED) is 0.906. The highest BCUT2D eigenvalue weighted by atomic mass is 35.5. The van der Waals surface area contributed by atoms with Crippen molar-refractivity contribution in [1.29, 1.82) is 0 Å². The summed E-state index contributed by atoms with van der Waals surface area (Å²) in [6.07, 6.45) is 0. The molecular weight excluding hydrogens is 273 g/mol. The van der Waals surface area contributed by atoms with Crippen molar-refractivity contribution in [3.8, 4) is 0 Å². The number of hydrogen-bond donors (Lipinski definition) is 2. The van der Waals surface area contributed by atoms with Gasteiger partial charge in [-0.05, 0) is 11.1 Å². The summed E-state index contributed by atoms with van der Waals surface area (Å²) in [5.41, 5.74) is 2.59. The highest BCUT2D eigenvalue weighted by molar-refractivity contribution is 6.33. The van der Waals surface area contributed by atoms with Crippen molar-refractivity contribution < 1.29 is 5.11 Å². The van der Waals surface area contributed by atoms with Crippen molar-refractivity contribution in [2.75, 3.05) is 5.32 Å². The van der Waals surface area contributed by atoms with Crippen molar-refractivity contribution in [3.63, 3.8) is 0 Å². The van der Waals surface area contributed by atoms with E-state index < -0.39 is 0 Å². The number of benzene rings is 1. The molecule has 4 nitrogen and oxygen atoms in total. The van der Waals surface area contributed by atoms with Gasteiger partial charge in [0.25, 0.3) is 0 Å². The van der Waals surface area contributed by atoms with Crippen molar-refractivity contribution >= 4 is 28.9 Å². The van der Waals surface area contributed by atoms with Gasteiger partial charge in [-0.25, -0.2) is 0 Å². The lowest BCUT2D eigenvalue weighted by atomic mass is 10.1. The van der Waals surface area contributed by atoms with Gasteiger partial charge in [-0.15, -0.1) is 10.2 Å². The molecule has 0 aliphatic rings. The molecule has 0 unspecified atom stereocenters. The molecule has 18 heavy (non-hydrogen) atoms. The van der Waals surface area contributed by atoms with Crippen LogP contribution in [-0.2, 0) is 13.2 Å². The van der Waals surface area contributed by atoms with E-state index in [1.807, 2.05) is 24.3 Å². The summed E-state index contributed by atoms with van der Waals surface area (Å²) in [6, 6.07) is 9.23. The van der Waals surface area contributed by atoms with Crippen LogP contribution in [-0.4, -0.2) is 15.3 Å². The number of hydrogen-bond acceptors (Lipinski definition) is 4. The molecule has 0 saturated carbocycles. The molecule has 1 heterocycles. The highest BCUT2D eigenvalue weighted by Gasteiger charge is 2.03. The SMILES string of the molecule is OCc1ccc(CNc2cc(Cl)nnc2Cl)cc1. The molecular formula is C12H11Cl2N3O. The first-order valence-corrected chi connectivity index (χ1v) is 6.06. The van der Waals surface area contributed by atoms with Crippen LogP contribution in [0.25, 0.3) is 0 Å². The Morgan fingerprint density at radius 2 is 1.72 bits per heavy atom. The first-order chi connectivity index (χ1) is 8.69. The van der Waals surface area contributed by atoms with Crippen LogP contribution in [0.2, 0.25) is 10.3 Å². The van der Waals surface area contributed by atoms with Gasteiger partial charge < -0.3 is 10.4 Å². The third-order valence-electron chi connectivity index (χ3n) is 2.41. The van der Waals surface area contributed by atoms with E-state index in [-0.39, 0.29) is 16.9 Å². The molecule has 2 N–H and O–H groups in total. The molecule has 0 saturated heterocycles. The summed E-state index contributed by atoms with van der Waals surface area (Å²) in [5, 5.41) is 20.0.